The van der Waals surface area contributed by atoms with Gasteiger partial charge in [0.25, 0.3) is 0 Å². The molecule has 1 aliphatic heterocycles. The fourth-order valence-corrected chi connectivity index (χ4v) is 1.41. The summed E-state index contributed by atoms with van der Waals surface area (Å²) < 4.78 is 0. The molecule has 0 atom stereocenters. The average Bonchev–Trinajstić information content (AvgIpc) is 2.05. The molecule has 0 amide bonds. The van der Waals surface area contributed by atoms with E-state index in [9.17, 15) is 0 Å². The molecule has 1 N–H and O–H groups in total. The molecule has 0 spiro atoms. The van der Waals surface area contributed by atoms with E-state index in [0.29, 0.717) is 0 Å². The van der Waals surface area contributed by atoms with Gasteiger partial charge in [-0.25, -0.2) is 0 Å². The minimum Gasteiger partial charge on any atom is -0.385 e. The largest absolute Gasteiger partial charge is 0.385 e. The van der Waals surface area contributed by atoms with Gasteiger partial charge in [0.1, 0.15) is 0 Å². The highest BCUT2D eigenvalue weighted by atomic mass is 35.5. The van der Waals surface area contributed by atoms with Gasteiger partial charge in [-0.15, -0.1) is 24.8 Å². The normalized spacial score (nSPS) is 13.0. The molecule has 0 saturated carbocycles. The van der Waals surface area contributed by atoms with Crippen LogP contribution >= 0.6 is 24.8 Å². The van der Waals surface area contributed by atoms with E-state index in [1.807, 2.05) is 0 Å². The van der Waals surface area contributed by atoms with Crippen LogP contribution < -0.4 is 5.32 Å². The van der Waals surface area contributed by atoms with Gasteiger partial charge >= 0.3 is 0 Å². The Morgan fingerprint density at radius 1 is 1.08 bits per heavy atom. The molecule has 2 rings (SSSR count). The zero-order valence-corrected chi connectivity index (χ0v) is 8.38. The Morgan fingerprint density at radius 2 is 1.83 bits per heavy atom. The summed E-state index contributed by atoms with van der Waals surface area (Å²) in [6.07, 6.45) is 2.51. The number of rotatable bonds is 0. The van der Waals surface area contributed by atoms with E-state index in [-0.39, 0.29) is 24.8 Å². The molecule has 0 bridgehead atoms. The van der Waals surface area contributed by atoms with Crippen molar-refractivity contribution in [2.75, 3.05) is 11.9 Å². The van der Waals surface area contributed by atoms with Crippen molar-refractivity contribution in [1.29, 1.82) is 0 Å². The molecule has 1 aromatic rings. The number of nitrogens with one attached hydrogen (secondary N) is 1. The molecule has 1 nitrogen and oxygen atoms in total. The molecule has 1 aliphatic rings. The summed E-state index contributed by atoms with van der Waals surface area (Å²) in [5, 5.41) is 3.36. The van der Waals surface area contributed by atoms with Crippen molar-refractivity contribution in [1.82, 2.24) is 0 Å². The lowest BCUT2D eigenvalue weighted by Gasteiger charge is -2.16. The maximum atomic E-state index is 3.36. The fourth-order valence-electron chi connectivity index (χ4n) is 1.41. The van der Waals surface area contributed by atoms with Gasteiger partial charge in [-0.1, -0.05) is 18.2 Å². The molecule has 1 heterocycles. The first-order chi connectivity index (χ1) is 4.97. The number of para-hydroxylation sites is 1. The quantitative estimate of drug-likeness (QED) is 0.688. The van der Waals surface area contributed by atoms with E-state index in [2.05, 4.69) is 29.6 Å². The van der Waals surface area contributed by atoms with E-state index in [4.69, 9.17) is 0 Å². The smallest absolute Gasteiger partial charge is 0.0372 e. The van der Waals surface area contributed by atoms with Crippen molar-refractivity contribution in [3.63, 3.8) is 0 Å². The van der Waals surface area contributed by atoms with E-state index in [1.54, 1.807) is 0 Å². The van der Waals surface area contributed by atoms with Crippen molar-refractivity contribution in [3.8, 4) is 0 Å². The number of hydrogen-bond donors (Lipinski definition) is 1. The summed E-state index contributed by atoms with van der Waals surface area (Å²) >= 11 is 0. The summed E-state index contributed by atoms with van der Waals surface area (Å²) in [4.78, 5) is 0. The highest BCUT2D eigenvalue weighted by molar-refractivity contribution is 5.85. The predicted octanol–water partition coefficient (Wildman–Crippen LogP) is 2.89. The van der Waals surface area contributed by atoms with Gasteiger partial charge < -0.3 is 5.32 Å². The third kappa shape index (κ3) is 2.29. The Morgan fingerprint density at radius 3 is 2.58 bits per heavy atom. The zero-order chi connectivity index (χ0) is 6.81. The van der Waals surface area contributed by atoms with Gasteiger partial charge in [0.2, 0.25) is 0 Å². The van der Waals surface area contributed by atoms with Gasteiger partial charge in [0.05, 0.1) is 0 Å². The molecular formula is C9H13Cl2N. The summed E-state index contributed by atoms with van der Waals surface area (Å²) in [6.45, 7) is 1.14. The lowest BCUT2D eigenvalue weighted by molar-refractivity contribution is 0.830. The molecule has 0 fully saturated rings. The molecular weight excluding hydrogens is 193 g/mol. The molecule has 0 aromatic heterocycles. The minimum absolute atomic E-state index is 0. The highest BCUT2D eigenvalue weighted by Gasteiger charge is 2.04. The number of fused-ring (bicyclic) bond motifs is 1. The lowest BCUT2D eigenvalue weighted by atomic mass is 10.0. The number of anilines is 1. The standard InChI is InChI=1S/C9H11N.2ClH/c1-2-6-9-8(4-1)5-3-7-10-9;;/h1-2,4,6,10H,3,5,7H2;2*1H. The van der Waals surface area contributed by atoms with Gasteiger partial charge in [0.15, 0.2) is 0 Å². The monoisotopic (exact) mass is 205 g/mol. The molecule has 0 aliphatic carbocycles. The van der Waals surface area contributed by atoms with E-state index in [1.165, 1.54) is 24.1 Å². The number of benzene rings is 1. The second kappa shape index (κ2) is 5.28. The zero-order valence-electron chi connectivity index (χ0n) is 6.75. The van der Waals surface area contributed by atoms with Crippen molar-refractivity contribution in [2.45, 2.75) is 12.8 Å². The van der Waals surface area contributed by atoms with Crippen LogP contribution in [0.3, 0.4) is 0 Å². The first-order valence-corrected chi connectivity index (χ1v) is 3.78. The average molecular weight is 206 g/mol. The fraction of sp³-hybridized carbons (Fsp3) is 0.333. The summed E-state index contributed by atoms with van der Waals surface area (Å²) in [6, 6.07) is 8.53. The lowest BCUT2D eigenvalue weighted by Crippen LogP contribution is -2.10. The van der Waals surface area contributed by atoms with E-state index >= 15 is 0 Å². The Balaban J connectivity index is 0.000000605. The molecule has 68 valence electrons. The van der Waals surface area contributed by atoms with Crippen molar-refractivity contribution < 1.29 is 0 Å². The summed E-state index contributed by atoms with van der Waals surface area (Å²) in [7, 11) is 0. The van der Waals surface area contributed by atoms with Crippen LogP contribution in [0.15, 0.2) is 24.3 Å². The summed E-state index contributed by atoms with van der Waals surface area (Å²) in [5.41, 5.74) is 2.79. The van der Waals surface area contributed by atoms with Crippen LogP contribution in [0, 0.1) is 0 Å². The second-order valence-corrected chi connectivity index (χ2v) is 2.69. The van der Waals surface area contributed by atoms with Crippen molar-refractivity contribution in [3.05, 3.63) is 29.8 Å². The third-order valence-corrected chi connectivity index (χ3v) is 1.96. The van der Waals surface area contributed by atoms with Gasteiger partial charge in [-0.05, 0) is 24.5 Å². The van der Waals surface area contributed by atoms with Crippen LogP contribution in [0.1, 0.15) is 12.0 Å². The molecule has 0 unspecified atom stereocenters. The number of aryl methyl sites for hydroxylation is 1. The topological polar surface area (TPSA) is 12.0 Å². The molecule has 12 heavy (non-hydrogen) atoms. The predicted molar refractivity (Wildman–Crippen MR) is 57.7 cm³/mol. The van der Waals surface area contributed by atoms with Crippen molar-refractivity contribution in [2.24, 2.45) is 0 Å². The maximum Gasteiger partial charge on any atom is 0.0372 e. The van der Waals surface area contributed by atoms with Gasteiger partial charge in [-0.2, -0.15) is 0 Å². The highest BCUT2D eigenvalue weighted by Crippen LogP contribution is 2.19. The van der Waals surface area contributed by atoms with Crippen LogP contribution in [0.5, 0.6) is 0 Å². The molecule has 3 heteroatoms. The first kappa shape index (κ1) is 11.6. The summed E-state index contributed by atoms with van der Waals surface area (Å²) in [5.74, 6) is 0. The SMILES string of the molecule is Cl.Cl.c1ccc2c(c1)CCCN2. The van der Waals surface area contributed by atoms with E-state index in [0.717, 1.165) is 6.54 Å². The van der Waals surface area contributed by atoms with Gasteiger partial charge in [-0.3, -0.25) is 0 Å². The van der Waals surface area contributed by atoms with Crippen LogP contribution in [0.25, 0.3) is 0 Å². The van der Waals surface area contributed by atoms with Crippen LogP contribution in [-0.4, -0.2) is 6.54 Å². The molecule has 1 aromatic carbocycles. The number of halogens is 2. The maximum absolute atomic E-state index is 3.36. The Bertz CT molecular complexity index is 213. The minimum atomic E-state index is 0. The van der Waals surface area contributed by atoms with Crippen molar-refractivity contribution >= 4 is 30.5 Å². The van der Waals surface area contributed by atoms with Gasteiger partial charge in [0, 0.05) is 12.2 Å². The van der Waals surface area contributed by atoms with Crippen LogP contribution in [0.4, 0.5) is 5.69 Å². The number of hydrogen-bond acceptors (Lipinski definition) is 1. The molecule has 0 saturated heterocycles. The first-order valence-electron chi connectivity index (χ1n) is 3.78. The Labute approximate surface area is 85.4 Å². The van der Waals surface area contributed by atoms with E-state index < -0.39 is 0 Å². The van der Waals surface area contributed by atoms with Crippen LogP contribution in [0.2, 0.25) is 0 Å². The Hall–Kier alpha value is -0.400. The third-order valence-electron chi connectivity index (χ3n) is 1.96. The van der Waals surface area contributed by atoms with Crippen LogP contribution in [-0.2, 0) is 6.42 Å². The Kier molecular flexibility index (Phi) is 5.11. The second-order valence-electron chi connectivity index (χ2n) is 2.69. The molecule has 0 radical (unpaired) electrons.